The minimum absolute atomic E-state index is 0.0369. The summed E-state index contributed by atoms with van der Waals surface area (Å²) in [7, 11) is 0. The van der Waals surface area contributed by atoms with Gasteiger partial charge in [-0.1, -0.05) is 37.5 Å². The fourth-order valence-electron chi connectivity index (χ4n) is 1.38. The molecule has 0 aliphatic rings. The van der Waals surface area contributed by atoms with E-state index in [1.807, 2.05) is 20.8 Å². The van der Waals surface area contributed by atoms with Crippen LogP contribution in [0.3, 0.4) is 0 Å². The summed E-state index contributed by atoms with van der Waals surface area (Å²) in [5, 5.41) is 4.24. The van der Waals surface area contributed by atoms with Crippen LogP contribution < -0.4 is 0 Å². The number of halogens is 1. The molecule has 0 saturated carbocycles. The summed E-state index contributed by atoms with van der Waals surface area (Å²) in [6.07, 6.45) is 1.71. The van der Waals surface area contributed by atoms with Gasteiger partial charge in [-0.3, -0.25) is 9.78 Å². The molecule has 0 radical (unpaired) electrons. The Balaban J connectivity index is 2.21. The fourth-order valence-corrected chi connectivity index (χ4v) is 1.58. The molecular formula is C13H14ClN3O2. The second-order valence-electron chi connectivity index (χ2n) is 5.20. The van der Waals surface area contributed by atoms with E-state index in [4.69, 9.17) is 16.1 Å². The van der Waals surface area contributed by atoms with E-state index in [2.05, 4.69) is 15.1 Å². The van der Waals surface area contributed by atoms with Crippen LogP contribution in [0.25, 0.3) is 11.5 Å². The van der Waals surface area contributed by atoms with Crippen molar-refractivity contribution in [3.05, 3.63) is 29.2 Å². The third-order valence-corrected chi connectivity index (χ3v) is 2.89. The van der Waals surface area contributed by atoms with Gasteiger partial charge in [0.15, 0.2) is 0 Å². The topological polar surface area (TPSA) is 68.9 Å². The SMILES string of the molecule is CC(C)(C)C(=O)Cc1nc(-c2ncccc2Cl)no1. The first-order chi connectivity index (χ1) is 8.88. The molecule has 0 amide bonds. The van der Waals surface area contributed by atoms with Crippen LogP contribution in [0.2, 0.25) is 5.02 Å². The standard InChI is InChI=1S/C13H14ClN3O2/c1-13(2,3)9(18)7-10-16-12(17-19-10)11-8(14)5-4-6-15-11/h4-6H,7H2,1-3H3. The molecule has 0 aliphatic carbocycles. The van der Waals surface area contributed by atoms with E-state index < -0.39 is 5.41 Å². The van der Waals surface area contributed by atoms with Crippen molar-refractivity contribution >= 4 is 17.4 Å². The molecule has 0 atom stereocenters. The molecule has 0 unspecified atom stereocenters. The first kappa shape index (κ1) is 13.7. The van der Waals surface area contributed by atoms with Crippen molar-refractivity contribution < 1.29 is 9.32 Å². The zero-order valence-corrected chi connectivity index (χ0v) is 11.7. The molecule has 0 spiro atoms. The van der Waals surface area contributed by atoms with Gasteiger partial charge in [-0.2, -0.15) is 4.98 Å². The van der Waals surface area contributed by atoms with E-state index in [1.165, 1.54) is 0 Å². The molecule has 0 bridgehead atoms. The van der Waals surface area contributed by atoms with Crippen LogP contribution in [0.5, 0.6) is 0 Å². The summed E-state index contributed by atoms with van der Waals surface area (Å²) in [5.41, 5.74) is 0.0134. The first-order valence-electron chi connectivity index (χ1n) is 5.84. The van der Waals surface area contributed by atoms with E-state index in [-0.39, 0.29) is 18.1 Å². The van der Waals surface area contributed by atoms with Crippen LogP contribution >= 0.6 is 11.6 Å². The van der Waals surface area contributed by atoms with E-state index in [0.29, 0.717) is 16.5 Å². The zero-order valence-electron chi connectivity index (χ0n) is 11.0. The second kappa shape index (κ2) is 5.09. The van der Waals surface area contributed by atoms with E-state index in [9.17, 15) is 4.79 Å². The van der Waals surface area contributed by atoms with Gasteiger partial charge in [0.05, 0.1) is 11.4 Å². The Morgan fingerprint density at radius 3 is 2.79 bits per heavy atom. The molecule has 2 aromatic rings. The largest absolute Gasteiger partial charge is 0.338 e. The van der Waals surface area contributed by atoms with E-state index in [1.54, 1.807) is 18.3 Å². The summed E-state index contributed by atoms with van der Waals surface area (Å²) in [6.45, 7) is 5.55. The van der Waals surface area contributed by atoms with Crippen molar-refractivity contribution in [1.29, 1.82) is 0 Å². The van der Waals surface area contributed by atoms with Crippen LogP contribution in [0.1, 0.15) is 26.7 Å². The van der Waals surface area contributed by atoms with Crippen LogP contribution in [0.15, 0.2) is 22.9 Å². The van der Waals surface area contributed by atoms with Gasteiger partial charge in [-0.25, -0.2) is 0 Å². The Hall–Kier alpha value is -1.75. The Morgan fingerprint density at radius 2 is 2.16 bits per heavy atom. The summed E-state index contributed by atoms with van der Waals surface area (Å²) >= 11 is 6.00. The van der Waals surface area contributed by atoms with Crippen molar-refractivity contribution in [3.8, 4) is 11.5 Å². The maximum absolute atomic E-state index is 11.9. The molecule has 6 heteroatoms. The number of carbonyl (C=O) groups excluding carboxylic acids is 1. The molecule has 0 saturated heterocycles. The molecule has 0 fully saturated rings. The lowest BCUT2D eigenvalue weighted by molar-refractivity contribution is -0.125. The molecule has 19 heavy (non-hydrogen) atoms. The number of aromatic nitrogens is 3. The second-order valence-corrected chi connectivity index (χ2v) is 5.60. The summed E-state index contributed by atoms with van der Waals surface area (Å²) in [5.74, 6) is 0.605. The zero-order chi connectivity index (χ0) is 14.0. The Labute approximate surface area is 116 Å². The highest BCUT2D eigenvalue weighted by Crippen LogP contribution is 2.23. The molecule has 2 heterocycles. The molecular weight excluding hydrogens is 266 g/mol. The quantitative estimate of drug-likeness (QED) is 0.864. The monoisotopic (exact) mass is 279 g/mol. The maximum atomic E-state index is 11.9. The lowest BCUT2D eigenvalue weighted by Crippen LogP contribution is -2.22. The number of ketones is 1. The maximum Gasteiger partial charge on any atom is 0.234 e. The number of hydrogen-bond donors (Lipinski definition) is 0. The Morgan fingerprint density at radius 1 is 1.42 bits per heavy atom. The molecule has 2 aromatic heterocycles. The van der Waals surface area contributed by atoms with E-state index in [0.717, 1.165) is 0 Å². The number of carbonyl (C=O) groups is 1. The number of pyridine rings is 1. The first-order valence-corrected chi connectivity index (χ1v) is 6.22. The molecule has 5 nitrogen and oxygen atoms in total. The third-order valence-electron chi connectivity index (χ3n) is 2.59. The van der Waals surface area contributed by atoms with Gasteiger partial charge in [-0.15, -0.1) is 0 Å². The number of nitrogens with zero attached hydrogens (tertiary/aromatic N) is 3. The van der Waals surface area contributed by atoms with Gasteiger partial charge < -0.3 is 4.52 Å². The lowest BCUT2D eigenvalue weighted by atomic mass is 9.89. The van der Waals surface area contributed by atoms with Crippen molar-refractivity contribution in [2.75, 3.05) is 0 Å². The van der Waals surface area contributed by atoms with Crippen LogP contribution in [0, 0.1) is 5.41 Å². The van der Waals surface area contributed by atoms with Gasteiger partial charge in [0.2, 0.25) is 11.7 Å². The van der Waals surface area contributed by atoms with Crippen molar-refractivity contribution in [2.45, 2.75) is 27.2 Å². The van der Waals surface area contributed by atoms with Gasteiger partial charge in [0.1, 0.15) is 11.5 Å². The summed E-state index contributed by atoms with van der Waals surface area (Å²) in [4.78, 5) is 20.1. The molecule has 100 valence electrons. The molecule has 0 aromatic carbocycles. The van der Waals surface area contributed by atoms with Gasteiger partial charge in [-0.05, 0) is 12.1 Å². The van der Waals surface area contributed by atoms with Crippen molar-refractivity contribution in [1.82, 2.24) is 15.1 Å². The predicted octanol–water partition coefficient (Wildman–Crippen LogP) is 2.94. The highest BCUT2D eigenvalue weighted by atomic mass is 35.5. The minimum atomic E-state index is -0.433. The average Bonchev–Trinajstić information content (AvgIpc) is 2.76. The van der Waals surface area contributed by atoms with Gasteiger partial charge in [0, 0.05) is 11.6 Å². The minimum Gasteiger partial charge on any atom is -0.338 e. The number of Topliss-reactive ketones (excluding diaryl/α,β-unsaturated/α-hetero) is 1. The highest BCUT2D eigenvalue weighted by molar-refractivity contribution is 6.32. The number of rotatable bonds is 3. The molecule has 0 aliphatic heterocycles. The smallest absolute Gasteiger partial charge is 0.234 e. The van der Waals surface area contributed by atoms with Crippen LogP contribution in [-0.2, 0) is 11.2 Å². The summed E-state index contributed by atoms with van der Waals surface area (Å²) < 4.78 is 5.06. The predicted molar refractivity (Wildman–Crippen MR) is 70.7 cm³/mol. The van der Waals surface area contributed by atoms with Crippen molar-refractivity contribution in [2.24, 2.45) is 5.41 Å². The number of hydrogen-bond acceptors (Lipinski definition) is 5. The highest BCUT2D eigenvalue weighted by Gasteiger charge is 2.24. The Kier molecular flexibility index (Phi) is 3.66. The third kappa shape index (κ3) is 3.17. The lowest BCUT2D eigenvalue weighted by Gasteiger charge is -2.14. The molecule has 0 N–H and O–H groups in total. The molecule has 2 rings (SSSR count). The summed E-state index contributed by atoms with van der Waals surface area (Å²) in [6, 6.07) is 3.41. The van der Waals surface area contributed by atoms with Crippen LogP contribution in [0.4, 0.5) is 0 Å². The normalized spacial score (nSPS) is 11.6. The van der Waals surface area contributed by atoms with E-state index >= 15 is 0 Å². The average molecular weight is 280 g/mol. The fraction of sp³-hybridized carbons (Fsp3) is 0.385. The van der Waals surface area contributed by atoms with Gasteiger partial charge in [0.25, 0.3) is 0 Å². The van der Waals surface area contributed by atoms with Crippen molar-refractivity contribution in [3.63, 3.8) is 0 Å². The van der Waals surface area contributed by atoms with Gasteiger partial charge >= 0.3 is 0 Å². The van der Waals surface area contributed by atoms with Crippen LogP contribution in [-0.4, -0.2) is 20.9 Å². The Bertz CT molecular complexity index is 602.